The van der Waals surface area contributed by atoms with E-state index < -0.39 is 30.4 Å². The predicted octanol–water partition coefficient (Wildman–Crippen LogP) is 2.46. The summed E-state index contributed by atoms with van der Waals surface area (Å²) < 4.78 is 24.6. The molecule has 0 fully saturated rings. The third kappa shape index (κ3) is 5.31. The van der Waals surface area contributed by atoms with Crippen molar-refractivity contribution < 1.29 is 28.6 Å². The first-order chi connectivity index (χ1) is 13.9. The number of thiazole rings is 1. The molecular weight excluding hydrogens is 429 g/mol. The number of hydrogen-bond donors (Lipinski definition) is 2. The summed E-state index contributed by atoms with van der Waals surface area (Å²) in [4.78, 5) is 38.9. The molecule has 3 aromatic rings. The highest BCUT2D eigenvalue weighted by molar-refractivity contribution is 7.21. The van der Waals surface area contributed by atoms with Crippen LogP contribution in [-0.4, -0.2) is 56.2 Å². The van der Waals surface area contributed by atoms with E-state index in [0.717, 1.165) is 17.4 Å². The number of ketones is 1. The number of ether oxygens (including phenoxy) is 2. The first-order valence-electron chi connectivity index (χ1n) is 8.05. The second kappa shape index (κ2) is 9.03. The molecule has 3 heterocycles. The zero-order valence-electron chi connectivity index (χ0n) is 14.8. The summed E-state index contributed by atoms with van der Waals surface area (Å²) in [5.74, 6) is -1.80. The fourth-order valence-corrected chi connectivity index (χ4v) is 3.02. The number of aromatic nitrogens is 4. The zero-order chi connectivity index (χ0) is 21.0. The van der Waals surface area contributed by atoms with Gasteiger partial charge in [-0.3, -0.25) is 10.1 Å². The average Bonchev–Trinajstić information content (AvgIpc) is 3.04. The quantitative estimate of drug-likeness (QED) is 0.529. The van der Waals surface area contributed by atoms with Crippen molar-refractivity contribution in [1.82, 2.24) is 19.9 Å². The number of hydrogen-bond acceptors (Lipinski definition) is 10. The lowest BCUT2D eigenvalue weighted by Gasteiger charge is -2.14. The molecule has 1 atom stereocenters. The van der Waals surface area contributed by atoms with E-state index in [0.29, 0.717) is 10.3 Å². The van der Waals surface area contributed by atoms with E-state index in [4.69, 9.17) is 26.2 Å². The summed E-state index contributed by atoms with van der Waals surface area (Å²) in [6.45, 7) is 0.666. The minimum absolute atomic E-state index is 0.157. The van der Waals surface area contributed by atoms with E-state index in [1.807, 2.05) is 0 Å². The maximum absolute atomic E-state index is 14.0. The van der Waals surface area contributed by atoms with Crippen molar-refractivity contribution >= 4 is 50.8 Å². The molecule has 0 aliphatic carbocycles. The zero-order valence-corrected chi connectivity index (χ0v) is 16.3. The van der Waals surface area contributed by atoms with Gasteiger partial charge in [-0.05, 0) is 6.92 Å². The third-order valence-electron chi connectivity index (χ3n) is 3.33. The number of amides is 1. The molecular formula is C16H13ClFN5O5S. The first-order valence-corrected chi connectivity index (χ1v) is 9.24. The first kappa shape index (κ1) is 20.8. The van der Waals surface area contributed by atoms with Crippen molar-refractivity contribution in [3.05, 3.63) is 34.6 Å². The molecule has 2 N–H and O–H groups in total. The normalized spacial score (nSPS) is 11.9. The maximum Gasteiger partial charge on any atom is 0.412 e. The maximum atomic E-state index is 14.0. The van der Waals surface area contributed by atoms with Crippen LogP contribution in [0.2, 0.25) is 4.47 Å². The Labute approximate surface area is 171 Å². The van der Waals surface area contributed by atoms with Crippen LogP contribution in [0.25, 0.3) is 10.3 Å². The molecule has 3 rings (SSSR count). The Balaban J connectivity index is 1.52. The Hall–Kier alpha value is -2.96. The van der Waals surface area contributed by atoms with Gasteiger partial charge < -0.3 is 14.6 Å². The minimum Gasteiger partial charge on any atom is -0.472 e. The summed E-state index contributed by atoms with van der Waals surface area (Å²) >= 11 is 6.85. The van der Waals surface area contributed by atoms with E-state index >= 15 is 0 Å². The van der Waals surface area contributed by atoms with Gasteiger partial charge in [-0.1, -0.05) is 22.9 Å². The summed E-state index contributed by atoms with van der Waals surface area (Å²) in [5.41, 5.74) is 0.500. The summed E-state index contributed by atoms with van der Waals surface area (Å²) in [7, 11) is 0. The van der Waals surface area contributed by atoms with Gasteiger partial charge in [0.05, 0.1) is 18.1 Å². The number of anilines is 1. The van der Waals surface area contributed by atoms with E-state index in [9.17, 15) is 14.0 Å². The molecule has 152 valence electrons. The highest BCUT2D eigenvalue weighted by Crippen LogP contribution is 2.28. The molecule has 0 aliphatic rings. The molecule has 0 saturated carbocycles. The lowest BCUT2D eigenvalue weighted by molar-refractivity contribution is 0.0827. The molecule has 0 aliphatic heterocycles. The van der Waals surface area contributed by atoms with Crippen LogP contribution in [0, 0.1) is 5.82 Å². The topological polar surface area (TPSA) is 136 Å². The SMILES string of the molecule is C[C@H](COc1nc2sc(Cl)nc2cc1F)OC(=O)Nc1cnc(C(=O)CO)nc1. The molecule has 3 aromatic heterocycles. The number of nitrogens with zero attached hydrogens (tertiary/aromatic N) is 4. The van der Waals surface area contributed by atoms with Crippen LogP contribution in [0.1, 0.15) is 17.5 Å². The van der Waals surface area contributed by atoms with Crippen LogP contribution in [-0.2, 0) is 4.74 Å². The minimum atomic E-state index is -0.830. The molecule has 0 saturated heterocycles. The third-order valence-corrected chi connectivity index (χ3v) is 4.40. The van der Waals surface area contributed by atoms with Gasteiger partial charge in [0.25, 0.3) is 5.88 Å². The van der Waals surface area contributed by atoms with E-state index in [1.165, 1.54) is 12.4 Å². The predicted molar refractivity (Wildman–Crippen MR) is 101 cm³/mol. The fourth-order valence-electron chi connectivity index (χ4n) is 2.07. The van der Waals surface area contributed by atoms with Gasteiger partial charge in [-0.2, -0.15) is 4.98 Å². The lowest BCUT2D eigenvalue weighted by Crippen LogP contribution is -2.25. The van der Waals surface area contributed by atoms with Gasteiger partial charge in [0.15, 0.2) is 16.1 Å². The number of fused-ring (bicyclic) bond motifs is 1. The summed E-state index contributed by atoms with van der Waals surface area (Å²) in [5, 5.41) is 11.1. The average molecular weight is 442 g/mol. The van der Waals surface area contributed by atoms with Crippen molar-refractivity contribution in [2.75, 3.05) is 18.5 Å². The molecule has 10 nitrogen and oxygen atoms in total. The van der Waals surface area contributed by atoms with Crippen LogP contribution in [0.4, 0.5) is 14.9 Å². The number of carbonyl (C=O) groups excluding carboxylic acids is 2. The summed E-state index contributed by atoms with van der Waals surface area (Å²) in [6.07, 6.45) is 0.803. The fraction of sp³-hybridized carbons (Fsp3) is 0.250. The number of halogens is 2. The molecule has 1 amide bonds. The van der Waals surface area contributed by atoms with Crippen LogP contribution in [0.3, 0.4) is 0 Å². The number of carbonyl (C=O) groups is 2. The monoisotopic (exact) mass is 441 g/mol. The van der Waals surface area contributed by atoms with E-state index in [-0.39, 0.29) is 28.5 Å². The Morgan fingerprint density at radius 3 is 2.76 bits per heavy atom. The van der Waals surface area contributed by atoms with Crippen molar-refractivity contribution in [3.63, 3.8) is 0 Å². The van der Waals surface area contributed by atoms with Crippen molar-refractivity contribution in [2.45, 2.75) is 13.0 Å². The highest BCUT2D eigenvalue weighted by atomic mass is 35.5. The molecule has 29 heavy (non-hydrogen) atoms. The van der Waals surface area contributed by atoms with Crippen LogP contribution >= 0.6 is 22.9 Å². The van der Waals surface area contributed by atoms with Gasteiger partial charge in [-0.15, -0.1) is 0 Å². The number of Topliss-reactive ketones (excluding diaryl/α,β-unsaturated/α-hetero) is 1. The second-order valence-corrected chi connectivity index (χ2v) is 7.15. The molecule has 0 aromatic carbocycles. The Morgan fingerprint density at radius 1 is 1.34 bits per heavy atom. The van der Waals surface area contributed by atoms with E-state index in [2.05, 4.69) is 25.3 Å². The number of rotatable bonds is 7. The second-order valence-electron chi connectivity index (χ2n) is 5.60. The van der Waals surface area contributed by atoms with Gasteiger partial charge in [0.2, 0.25) is 5.78 Å². The van der Waals surface area contributed by atoms with Crippen LogP contribution in [0.15, 0.2) is 18.5 Å². The standard InChI is InChI=1S/C16H13ClFN5O5S/c1-7(6-27-13-9(18)2-10-14(23-13)29-15(17)22-10)28-16(26)21-8-3-19-12(20-4-8)11(25)5-24/h2-4,7,24H,5-6H2,1H3,(H,21,26)/t7-/m1/s1. The number of pyridine rings is 1. The smallest absolute Gasteiger partial charge is 0.412 e. The van der Waals surface area contributed by atoms with Gasteiger partial charge in [0, 0.05) is 6.07 Å². The molecule has 0 unspecified atom stereocenters. The van der Waals surface area contributed by atoms with Crippen LogP contribution < -0.4 is 10.1 Å². The molecule has 0 radical (unpaired) electrons. The van der Waals surface area contributed by atoms with Crippen molar-refractivity contribution in [1.29, 1.82) is 0 Å². The highest BCUT2D eigenvalue weighted by Gasteiger charge is 2.16. The van der Waals surface area contributed by atoms with Crippen LogP contribution in [0.5, 0.6) is 5.88 Å². The Kier molecular flexibility index (Phi) is 6.46. The number of nitrogens with one attached hydrogen (secondary N) is 1. The molecule has 0 bridgehead atoms. The largest absolute Gasteiger partial charge is 0.472 e. The Morgan fingerprint density at radius 2 is 2.07 bits per heavy atom. The molecule has 0 spiro atoms. The lowest BCUT2D eigenvalue weighted by atomic mass is 10.4. The Bertz CT molecular complexity index is 1050. The molecule has 13 heteroatoms. The number of aliphatic hydroxyl groups excluding tert-OH is 1. The number of aliphatic hydroxyl groups is 1. The van der Waals surface area contributed by atoms with Crippen molar-refractivity contribution in [2.24, 2.45) is 0 Å². The summed E-state index contributed by atoms with van der Waals surface area (Å²) in [6, 6.07) is 1.16. The van der Waals surface area contributed by atoms with E-state index in [1.54, 1.807) is 6.92 Å². The van der Waals surface area contributed by atoms with Gasteiger partial charge >= 0.3 is 6.09 Å². The van der Waals surface area contributed by atoms with Crippen molar-refractivity contribution in [3.8, 4) is 5.88 Å². The van der Waals surface area contributed by atoms with Gasteiger partial charge in [0.1, 0.15) is 29.7 Å². The van der Waals surface area contributed by atoms with Gasteiger partial charge in [-0.25, -0.2) is 24.1 Å².